The van der Waals surface area contributed by atoms with E-state index in [4.69, 9.17) is 0 Å². The average molecular weight is 369 g/mol. The molecular weight excluding hydrogens is 351 g/mol. The molecule has 0 bridgehead atoms. The third-order valence-electron chi connectivity index (χ3n) is 4.28. The van der Waals surface area contributed by atoms with E-state index in [1.807, 2.05) is 11.8 Å². The molecule has 3 rings (SSSR count). The second kappa shape index (κ2) is 7.19. The van der Waals surface area contributed by atoms with Crippen molar-refractivity contribution in [3.63, 3.8) is 0 Å². The van der Waals surface area contributed by atoms with Crippen LogP contribution in [0, 0.1) is 0 Å². The minimum atomic E-state index is -4.62. The van der Waals surface area contributed by atoms with E-state index in [0.717, 1.165) is 31.0 Å². The normalized spacial score (nSPS) is 18.6. The van der Waals surface area contributed by atoms with Gasteiger partial charge in [-0.15, -0.1) is 0 Å². The van der Waals surface area contributed by atoms with Crippen molar-refractivity contribution in [2.45, 2.75) is 43.4 Å². The number of alkyl halides is 3. The number of rotatable bonds is 3. The van der Waals surface area contributed by atoms with Crippen molar-refractivity contribution in [2.24, 2.45) is 0 Å². The molecule has 1 aromatic carbocycles. The van der Waals surface area contributed by atoms with Gasteiger partial charge in [0.25, 0.3) is 0 Å². The van der Waals surface area contributed by atoms with Crippen LogP contribution in [0.25, 0.3) is 10.9 Å². The van der Waals surface area contributed by atoms with Crippen LogP contribution in [0.15, 0.2) is 29.3 Å². The Morgan fingerprint density at radius 2 is 2.04 bits per heavy atom. The van der Waals surface area contributed by atoms with E-state index in [1.165, 1.54) is 6.07 Å². The molecule has 4 nitrogen and oxygen atoms in total. The number of amides is 1. The Hall–Kier alpha value is -1.83. The van der Waals surface area contributed by atoms with E-state index in [-0.39, 0.29) is 28.2 Å². The van der Waals surface area contributed by atoms with Crippen molar-refractivity contribution in [1.82, 2.24) is 14.9 Å². The minimum absolute atomic E-state index is 0.0616. The van der Waals surface area contributed by atoms with Crippen LogP contribution in [0.3, 0.4) is 0 Å². The second-order valence-corrected chi connectivity index (χ2v) is 7.05. The number of thioether (sulfide) groups is 1. The number of benzene rings is 1. The third-order valence-corrected chi connectivity index (χ3v) is 5.25. The minimum Gasteiger partial charge on any atom is -0.339 e. The third kappa shape index (κ3) is 4.05. The molecule has 1 aliphatic rings. The number of fused-ring (bicyclic) bond motifs is 1. The SMILES string of the molecule is CC1CCCCN1C(=O)CSc1nc(C(F)(F)F)nc2ccccc12. The van der Waals surface area contributed by atoms with E-state index in [0.29, 0.717) is 11.9 Å². The van der Waals surface area contributed by atoms with Gasteiger partial charge in [0.1, 0.15) is 5.03 Å². The van der Waals surface area contributed by atoms with Gasteiger partial charge < -0.3 is 4.90 Å². The molecule has 1 fully saturated rings. The Morgan fingerprint density at radius 1 is 1.28 bits per heavy atom. The van der Waals surface area contributed by atoms with Crippen molar-refractivity contribution in [3.8, 4) is 0 Å². The molecule has 1 aliphatic heterocycles. The number of para-hydroxylation sites is 1. The summed E-state index contributed by atoms with van der Waals surface area (Å²) in [4.78, 5) is 21.5. The summed E-state index contributed by atoms with van der Waals surface area (Å²) in [6.07, 6.45) is -1.59. The van der Waals surface area contributed by atoms with Gasteiger partial charge in [-0.3, -0.25) is 4.79 Å². The molecule has 25 heavy (non-hydrogen) atoms. The van der Waals surface area contributed by atoms with Crippen molar-refractivity contribution in [1.29, 1.82) is 0 Å². The number of nitrogens with zero attached hydrogens (tertiary/aromatic N) is 3. The summed E-state index contributed by atoms with van der Waals surface area (Å²) in [5, 5.41) is 0.718. The first-order valence-corrected chi connectivity index (χ1v) is 9.11. The number of halogens is 3. The highest BCUT2D eigenvalue weighted by atomic mass is 32.2. The molecule has 1 saturated heterocycles. The number of carbonyl (C=O) groups excluding carboxylic acids is 1. The number of piperidine rings is 1. The second-order valence-electron chi connectivity index (χ2n) is 6.09. The molecule has 1 amide bonds. The summed E-state index contributed by atoms with van der Waals surface area (Å²) in [6, 6.07) is 6.72. The molecule has 0 aliphatic carbocycles. The number of aromatic nitrogens is 2. The van der Waals surface area contributed by atoms with Crippen LogP contribution >= 0.6 is 11.8 Å². The quantitative estimate of drug-likeness (QED) is 0.603. The topological polar surface area (TPSA) is 46.1 Å². The first-order chi connectivity index (χ1) is 11.9. The lowest BCUT2D eigenvalue weighted by molar-refractivity contribution is -0.145. The van der Waals surface area contributed by atoms with Gasteiger partial charge in [-0.2, -0.15) is 13.2 Å². The van der Waals surface area contributed by atoms with Gasteiger partial charge in [-0.1, -0.05) is 30.0 Å². The molecule has 0 saturated carbocycles. The molecule has 8 heteroatoms. The molecule has 0 radical (unpaired) electrons. The van der Waals surface area contributed by atoms with Gasteiger partial charge in [-0.05, 0) is 32.3 Å². The first kappa shape index (κ1) is 18.0. The van der Waals surface area contributed by atoms with E-state index in [9.17, 15) is 18.0 Å². The fourth-order valence-corrected chi connectivity index (χ4v) is 3.87. The zero-order valence-corrected chi connectivity index (χ0v) is 14.5. The number of carbonyl (C=O) groups is 1. The van der Waals surface area contributed by atoms with Gasteiger partial charge in [0.2, 0.25) is 11.7 Å². The molecule has 134 valence electrons. The summed E-state index contributed by atoms with van der Waals surface area (Å²) in [6.45, 7) is 2.71. The Labute approximate surface area is 147 Å². The standard InChI is InChI=1S/C17H18F3N3OS/c1-11-6-4-5-9-23(11)14(24)10-25-15-12-7-2-3-8-13(12)21-16(22-15)17(18,19)20/h2-3,7-8,11H,4-6,9-10H2,1H3. The highest BCUT2D eigenvalue weighted by molar-refractivity contribution is 8.00. The average Bonchev–Trinajstić information content (AvgIpc) is 2.58. The fourth-order valence-electron chi connectivity index (χ4n) is 2.97. The Kier molecular flexibility index (Phi) is 5.17. The summed E-state index contributed by atoms with van der Waals surface area (Å²) in [5.74, 6) is -1.16. The fraction of sp³-hybridized carbons (Fsp3) is 0.471. The van der Waals surface area contributed by atoms with Gasteiger partial charge in [0, 0.05) is 18.0 Å². The van der Waals surface area contributed by atoms with E-state index in [2.05, 4.69) is 9.97 Å². The summed E-state index contributed by atoms with van der Waals surface area (Å²) < 4.78 is 39.1. The van der Waals surface area contributed by atoms with Gasteiger partial charge >= 0.3 is 6.18 Å². The molecule has 2 aromatic rings. The van der Waals surface area contributed by atoms with Crippen LogP contribution in [0.5, 0.6) is 0 Å². The maximum atomic E-state index is 13.0. The lowest BCUT2D eigenvalue weighted by Crippen LogP contribution is -2.42. The molecular formula is C17H18F3N3OS. The van der Waals surface area contributed by atoms with Crippen molar-refractivity contribution in [3.05, 3.63) is 30.1 Å². The van der Waals surface area contributed by atoms with Gasteiger partial charge in [0.15, 0.2) is 0 Å². The number of likely N-dealkylation sites (tertiary alicyclic amines) is 1. The number of hydrogen-bond donors (Lipinski definition) is 0. The maximum absolute atomic E-state index is 13.0. The summed E-state index contributed by atoms with van der Waals surface area (Å²) in [7, 11) is 0. The Bertz CT molecular complexity index is 781. The zero-order chi connectivity index (χ0) is 18.0. The molecule has 1 atom stereocenters. The van der Waals surface area contributed by atoms with Crippen LogP contribution in [-0.4, -0.2) is 39.1 Å². The lowest BCUT2D eigenvalue weighted by atomic mass is 10.0. The van der Waals surface area contributed by atoms with Gasteiger partial charge in [0.05, 0.1) is 11.3 Å². The Morgan fingerprint density at radius 3 is 2.76 bits per heavy atom. The van der Waals surface area contributed by atoms with Gasteiger partial charge in [-0.25, -0.2) is 9.97 Å². The highest BCUT2D eigenvalue weighted by Crippen LogP contribution is 2.32. The van der Waals surface area contributed by atoms with Crippen LogP contribution in [0.4, 0.5) is 13.2 Å². The van der Waals surface area contributed by atoms with Crippen LogP contribution in [0.2, 0.25) is 0 Å². The zero-order valence-electron chi connectivity index (χ0n) is 13.7. The predicted molar refractivity (Wildman–Crippen MR) is 90.3 cm³/mol. The maximum Gasteiger partial charge on any atom is 0.451 e. The molecule has 0 N–H and O–H groups in total. The smallest absolute Gasteiger partial charge is 0.339 e. The summed E-state index contributed by atoms with van der Waals surface area (Å²) in [5.41, 5.74) is 0.228. The predicted octanol–water partition coefficient (Wildman–Crippen LogP) is 4.14. The Balaban J connectivity index is 1.84. The van der Waals surface area contributed by atoms with Crippen molar-refractivity contribution < 1.29 is 18.0 Å². The first-order valence-electron chi connectivity index (χ1n) is 8.12. The summed E-state index contributed by atoms with van der Waals surface area (Å²) >= 11 is 1.04. The lowest BCUT2D eigenvalue weighted by Gasteiger charge is -2.33. The monoisotopic (exact) mass is 369 g/mol. The van der Waals surface area contributed by atoms with Crippen molar-refractivity contribution >= 4 is 28.6 Å². The van der Waals surface area contributed by atoms with Crippen LogP contribution < -0.4 is 0 Å². The molecule has 2 heterocycles. The highest BCUT2D eigenvalue weighted by Gasteiger charge is 2.35. The van der Waals surface area contributed by atoms with E-state index < -0.39 is 12.0 Å². The molecule has 0 spiro atoms. The molecule has 1 unspecified atom stereocenters. The number of hydrogen-bond acceptors (Lipinski definition) is 4. The van der Waals surface area contributed by atoms with Crippen LogP contribution in [0.1, 0.15) is 32.0 Å². The van der Waals surface area contributed by atoms with Crippen LogP contribution in [-0.2, 0) is 11.0 Å². The largest absolute Gasteiger partial charge is 0.451 e. The molecule has 1 aromatic heterocycles. The van der Waals surface area contributed by atoms with E-state index in [1.54, 1.807) is 18.2 Å². The van der Waals surface area contributed by atoms with Crippen molar-refractivity contribution in [2.75, 3.05) is 12.3 Å². The van der Waals surface area contributed by atoms with E-state index >= 15 is 0 Å².